The zero-order valence-electron chi connectivity index (χ0n) is 9.49. The Labute approximate surface area is 102 Å². The van der Waals surface area contributed by atoms with E-state index in [1.807, 2.05) is 0 Å². The number of halogens is 2. The lowest BCUT2D eigenvalue weighted by Crippen LogP contribution is -2.15. The summed E-state index contributed by atoms with van der Waals surface area (Å²) in [5.41, 5.74) is 0.113. The van der Waals surface area contributed by atoms with E-state index in [0.29, 0.717) is 18.5 Å². The molecule has 0 spiro atoms. The second-order valence-electron chi connectivity index (χ2n) is 4.28. The molecule has 0 saturated heterocycles. The fourth-order valence-corrected chi connectivity index (χ4v) is 1.62. The van der Waals surface area contributed by atoms with Gasteiger partial charge in [0.1, 0.15) is 11.6 Å². The molecule has 94 valence electrons. The third-order valence-electron chi connectivity index (χ3n) is 2.75. The SMILES string of the molecule is Fc1ccc(-c2nnc(CNC3CC3)o2)c(F)c1. The van der Waals surface area contributed by atoms with Gasteiger partial charge >= 0.3 is 0 Å². The molecule has 0 unspecified atom stereocenters. The van der Waals surface area contributed by atoms with Crippen LogP contribution in [0.5, 0.6) is 0 Å². The smallest absolute Gasteiger partial charge is 0.250 e. The maximum Gasteiger partial charge on any atom is 0.250 e. The average Bonchev–Trinajstić information content (AvgIpc) is 3.05. The summed E-state index contributed by atoms with van der Waals surface area (Å²) in [5, 5.41) is 10.8. The van der Waals surface area contributed by atoms with Crippen LogP contribution >= 0.6 is 0 Å². The molecule has 1 N–H and O–H groups in total. The monoisotopic (exact) mass is 251 g/mol. The number of nitrogens with zero attached hydrogens (tertiary/aromatic N) is 2. The van der Waals surface area contributed by atoms with E-state index < -0.39 is 11.6 Å². The maximum atomic E-state index is 13.5. The van der Waals surface area contributed by atoms with Crippen LogP contribution in [0.2, 0.25) is 0 Å². The molecule has 1 heterocycles. The maximum absolute atomic E-state index is 13.5. The van der Waals surface area contributed by atoms with Crippen LogP contribution in [-0.4, -0.2) is 16.2 Å². The quantitative estimate of drug-likeness (QED) is 0.905. The molecule has 6 heteroatoms. The van der Waals surface area contributed by atoms with Gasteiger partial charge in [0.25, 0.3) is 5.89 Å². The lowest BCUT2D eigenvalue weighted by Gasteiger charge is -1.98. The minimum Gasteiger partial charge on any atom is -0.419 e. The van der Waals surface area contributed by atoms with Gasteiger partial charge in [0, 0.05) is 12.1 Å². The summed E-state index contributed by atoms with van der Waals surface area (Å²) in [7, 11) is 0. The lowest BCUT2D eigenvalue weighted by molar-refractivity contribution is 0.473. The van der Waals surface area contributed by atoms with E-state index in [1.165, 1.54) is 6.07 Å². The summed E-state index contributed by atoms with van der Waals surface area (Å²) < 4.78 is 31.6. The van der Waals surface area contributed by atoms with Crippen LogP contribution < -0.4 is 5.32 Å². The van der Waals surface area contributed by atoms with Crippen molar-refractivity contribution in [1.29, 1.82) is 0 Å². The van der Waals surface area contributed by atoms with Gasteiger partial charge in [-0.1, -0.05) is 0 Å². The minimum absolute atomic E-state index is 0.0695. The largest absolute Gasteiger partial charge is 0.419 e. The van der Waals surface area contributed by atoms with Crippen LogP contribution in [0.1, 0.15) is 18.7 Å². The second kappa shape index (κ2) is 4.45. The summed E-state index contributed by atoms with van der Waals surface area (Å²) in [6.45, 7) is 0.473. The highest BCUT2D eigenvalue weighted by Crippen LogP contribution is 2.23. The van der Waals surface area contributed by atoms with Crippen molar-refractivity contribution >= 4 is 0 Å². The predicted molar refractivity (Wildman–Crippen MR) is 59.5 cm³/mol. The van der Waals surface area contributed by atoms with E-state index in [-0.39, 0.29) is 11.5 Å². The Kier molecular flexibility index (Phi) is 2.79. The minimum atomic E-state index is -0.708. The summed E-state index contributed by atoms with van der Waals surface area (Å²) in [5.74, 6) is -0.868. The summed E-state index contributed by atoms with van der Waals surface area (Å²) in [4.78, 5) is 0. The first-order valence-corrected chi connectivity index (χ1v) is 5.73. The molecule has 0 aliphatic heterocycles. The number of hydrogen-bond donors (Lipinski definition) is 1. The van der Waals surface area contributed by atoms with E-state index >= 15 is 0 Å². The molecule has 2 aromatic rings. The Morgan fingerprint density at radius 2 is 2.11 bits per heavy atom. The molecule has 4 nitrogen and oxygen atoms in total. The van der Waals surface area contributed by atoms with E-state index in [0.717, 1.165) is 25.0 Å². The van der Waals surface area contributed by atoms with Crippen molar-refractivity contribution in [3.63, 3.8) is 0 Å². The van der Waals surface area contributed by atoms with Crippen molar-refractivity contribution in [1.82, 2.24) is 15.5 Å². The van der Waals surface area contributed by atoms with Gasteiger partial charge in [0.05, 0.1) is 12.1 Å². The van der Waals surface area contributed by atoms with Crippen molar-refractivity contribution in [2.24, 2.45) is 0 Å². The molecule has 1 aliphatic carbocycles. The van der Waals surface area contributed by atoms with Crippen molar-refractivity contribution in [3.8, 4) is 11.5 Å². The first kappa shape index (κ1) is 11.3. The van der Waals surface area contributed by atoms with Crippen LogP contribution in [0.25, 0.3) is 11.5 Å². The third kappa shape index (κ3) is 2.38. The molecule has 1 fully saturated rings. The molecule has 18 heavy (non-hydrogen) atoms. The first-order chi connectivity index (χ1) is 8.72. The number of hydrogen-bond acceptors (Lipinski definition) is 4. The molecule has 1 aromatic carbocycles. The van der Waals surface area contributed by atoms with Gasteiger partial charge in [-0.05, 0) is 25.0 Å². The zero-order valence-corrected chi connectivity index (χ0v) is 9.49. The molecule has 1 aromatic heterocycles. The fourth-order valence-electron chi connectivity index (χ4n) is 1.62. The van der Waals surface area contributed by atoms with Gasteiger partial charge in [0.2, 0.25) is 5.89 Å². The van der Waals surface area contributed by atoms with E-state index in [1.54, 1.807) is 0 Å². The van der Waals surface area contributed by atoms with Gasteiger partial charge in [-0.25, -0.2) is 8.78 Å². The number of nitrogens with one attached hydrogen (secondary N) is 1. The van der Waals surface area contributed by atoms with E-state index in [9.17, 15) is 8.78 Å². The van der Waals surface area contributed by atoms with Crippen molar-refractivity contribution in [2.75, 3.05) is 0 Å². The van der Waals surface area contributed by atoms with Gasteiger partial charge < -0.3 is 9.73 Å². The normalized spacial score (nSPS) is 15.0. The molecule has 1 saturated carbocycles. The Morgan fingerprint density at radius 1 is 1.28 bits per heavy atom. The highest BCUT2D eigenvalue weighted by atomic mass is 19.1. The van der Waals surface area contributed by atoms with Crippen LogP contribution in [0, 0.1) is 11.6 Å². The lowest BCUT2D eigenvalue weighted by atomic mass is 10.2. The third-order valence-corrected chi connectivity index (χ3v) is 2.75. The van der Waals surface area contributed by atoms with Crippen LogP contribution in [0.15, 0.2) is 22.6 Å². The average molecular weight is 251 g/mol. The van der Waals surface area contributed by atoms with Crippen molar-refractivity contribution in [3.05, 3.63) is 35.7 Å². The summed E-state index contributed by atoms with van der Waals surface area (Å²) in [6, 6.07) is 3.77. The van der Waals surface area contributed by atoms with Gasteiger partial charge in [-0.2, -0.15) is 0 Å². The predicted octanol–water partition coefficient (Wildman–Crippen LogP) is 2.27. The second-order valence-corrected chi connectivity index (χ2v) is 4.28. The van der Waals surface area contributed by atoms with Gasteiger partial charge in [-0.3, -0.25) is 0 Å². The topological polar surface area (TPSA) is 51.0 Å². The highest BCUT2D eigenvalue weighted by molar-refractivity contribution is 5.53. The van der Waals surface area contributed by atoms with Crippen LogP contribution in [-0.2, 0) is 6.54 Å². The summed E-state index contributed by atoms with van der Waals surface area (Å²) in [6.07, 6.45) is 2.32. The van der Waals surface area contributed by atoms with E-state index in [2.05, 4.69) is 15.5 Å². The number of benzene rings is 1. The van der Waals surface area contributed by atoms with Gasteiger partial charge in [-0.15, -0.1) is 10.2 Å². The fraction of sp³-hybridized carbons (Fsp3) is 0.333. The molecular formula is C12H11F2N3O. The molecular weight excluding hydrogens is 240 g/mol. The van der Waals surface area contributed by atoms with Crippen molar-refractivity contribution < 1.29 is 13.2 Å². The number of rotatable bonds is 4. The van der Waals surface area contributed by atoms with Crippen LogP contribution in [0.3, 0.4) is 0 Å². The molecule has 0 amide bonds. The van der Waals surface area contributed by atoms with Gasteiger partial charge in [0.15, 0.2) is 0 Å². The molecule has 3 rings (SSSR count). The molecule has 0 atom stereocenters. The zero-order chi connectivity index (χ0) is 12.5. The Balaban J connectivity index is 1.78. The van der Waals surface area contributed by atoms with Crippen molar-refractivity contribution in [2.45, 2.75) is 25.4 Å². The number of aromatic nitrogens is 2. The highest BCUT2D eigenvalue weighted by Gasteiger charge is 2.21. The first-order valence-electron chi connectivity index (χ1n) is 5.73. The Morgan fingerprint density at radius 3 is 2.83 bits per heavy atom. The molecule has 1 aliphatic rings. The standard InChI is InChI=1S/C12H11F2N3O/c13-7-1-4-9(10(14)5-7)12-17-16-11(18-12)6-15-8-2-3-8/h1,4-5,8,15H,2-3,6H2. The van der Waals surface area contributed by atoms with Crippen LogP contribution in [0.4, 0.5) is 8.78 Å². The molecule has 0 bridgehead atoms. The molecule has 0 radical (unpaired) electrons. The Hall–Kier alpha value is -1.82. The Bertz CT molecular complexity index is 566. The summed E-state index contributed by atoms with van der Waals surface area (Å²) >= 11 is 0. The van der Waals surface area contributed by atoms with E-state index in [4.69, 9.17) is 4.42 Å².